The SMILES string of the molecule is CN1c2c(sc3ccccc23)C(c2cccc3ccccc23)=NC1n1c2ccccc2c2cc3ccccc3cc21. The summed E-state index contributed by atoms with van der Waals surface area (Å²) in [5.74, 6) is 0. The molecule has 0 spiro atoms. The average Bonchev–Trinajstić information content (AvgIpc) is 3.56. The maximum atomic E-state index is 5.66. The first-order valence-electron chi connectivity index (χ1n) is 14.0. The Kier molecular flexibility index (Phi) is 4.75. The van der Waals surface area contributed by atoms with Gasteiger partial charge in [-0.2, -0.15) is 0 Å². The smallest absolute Gasteiger partial charge is 0.203 e. The zero-order chi connectivity index (χ0) is 27.1. The highest BCUT2D eigenvalue weighted by molar-refractivity contribution is 7.22. The van der Waals surface area contributed by atoms with Crippen LogP contribution in [0.5, 0.6) is 0 Å². The fourth-order valence-electron chi connectivity index (χ4n) is 6.71. The van der Waals surface area contributed by atoms with E-state index in [0.29, 0.717) is 0 Å². The lowest BCUT2D eigenvalue weighted by Crippen LogP contribution is -2.33. The summed E-state index contributed by atoms with van der Waals surface area (Å²) in [6.45, 7) is 0. The van der Waals surface area contributed by atoms with Gasteiger partial charge in [0.25, 0.3) is 0 Å². The number of nitrogens with zero attached hydrogens (tertiary/aromatic N) is 3. The molecule has 0 fully saturated rings. The van der Waals surface area contributed by atoms with Crippen molar-refractivity contribution in [1.29, 1.82) is 0 Å². The van der Waals surface area contributed by atoms with Crippen LogP contribution in [0.25, 0.3) is 53.4 Å². The van der Waals surface area contributed by atoms with E-state index in [9.17, 15) is 0 Å². The highest BCUT2D eigenvalue weighted by atomic mass is 32.1. The minimum atomic E-state index is -0.252. The molecule has 0 amide bonds. The van der Waals surface area contributed by atoms with E-state index < -0.39 is 0 Å². The topological polar surface area (TPSA) is 20.5 Å². The average molecular weight is 544 g/mol. The minimum Gasteiger partial charge on any atom is -0.334 e. The van der Waals surface area contributed by atoms with Gasteiger partial charge in [0.2, 0.25) is 6.29 Å². The number of fused-ring (bicyclic) bond motifs is 8. The highest BCUT2D eigenvalue weighted by Gasteiger charge is 2.33. The third-order valence-electron chi connectivity index (χ3n) is 8.58. The number of aliphatic imine (C=N–C) groups is 1. The molecule has 6 aromatic carbocycles. The molecule has 0 radical (unpaired) electrons. The molecule has 41 heavy (non-hydrogen) atoms. The van der Waals surface area contributed by atoms with Crippen molar-refractivity contribution in [1.82, 2.24) is 4.57 Å². The molecule has 0 bridgehead atoms. The minimum absolute atomic E-state index is 0.252. The molecule has 3 heterocycles. The number of hydrogen-bond acceptors (Lipinski definition) is 3. The lowest BCUT2D eigenvalue weighted by molar-refractivity contribution is 0.543. The number of para-hydroxylation sites is 1. The number of aromatic nitrogens is 1. The number of benzene rings is 6. The maximum absolute atomic E-state index is 5.66. The standard InChI is InChI=1S/C37H25N3S/c1-39-35-29-17-7-9-20-33(29)41-36(35)34(28-18-10-14-23-11-4-5-15-26(23)28)38-37(39)40-31-19-8-6-16-27(31)30-21-24-12-2-3-13-25(24)22-32(30)40/h2-22,37H,1H3. The van der Waals surface area contributed by atoms with E-state index in [1.165, 1.54) is 69.6 Å². The van der Waals surface area contributed by atoms with Gasteiger partial charge < -0.3 is 9.47 Å². The third-order valence-corrected chi connectivity index (χ3v) is 9.75. The molecule has 194 valence electrons. The van der Waals surface area contributed by atoms with Gasteiger partial charge in [0.15, 0.2) is 0 Å². The summed E-state index contributed by atoms with van der Waals surface area (Å²) in [5.41, 5.74) is 5.89. The van der Waals surface area contributed by atoms with E-state index >= 15 is 0 Å². The van der Waals surface area contributed by atoms with Crippen LogP contribution in [0.4, 0.5) is 5.69 Å². The zero-order valence-corrected chi connectivity index (χ0v) is 23.3. The van der Waals surface area contributed by atoms with Crippen molar-refractivity contribution in [2.75, 3.05) is 11.9 Å². The van der Waals surface area contributed by atoms with Crippen molar-refractivity contribution in [3.8, 4) is 0 Å². The molecule has 0 aliphatic carbocycles. The number of rotatable bonds is 2. The fourth-order valence-corrected chi connectivity index (χ4v) is 7.96. The molecule has 1 atom stereocenters. The van der Waals surface area contributed by atoms with Crippen LogP contribution in [0.3, 0.4) is 0 Å². The molecule has 9 rings (SSSR count). The summed E-state index contributed by atoms with van der Waals surface area (Å²) >= 11 is 1.84. The summed E-state index contributed by atoms with van der Waals surface area (Å²) in [4.78, 5) is 9.27. The Morgan fingerprint density at radius 2 is 1.24 bits per heavy atom. The molecule has 0 saturated heterocycles. The van der Waals surface area contributed by atoms with Crippen LogP contribution in [0.2, 0.25) is 0 Å². The van der Waals surface area contributed by atoms with Crippen LogP contribution in [0, 0.1) is 0 Å². The van der Waals surface area contributed by atoms with E-state index in [1.54, 1.807) is 0 Å². The van der Waals surface area contributed by atoms with E-state index in [4.69, 9.17) is 4.99 Å². The second-order valence-corrected chi connectivity index (χ2v) is 11.9. The summed E-state index contributed by atoms with van der Waals surface area (Å²) < 4.78 is 3.73. The van der Waals surface area contributed by atoms with E-state index in [0.717, 1.165) is 5.71 Å². The van der Waals surface area contributed by atoms with Crippen LogP contribution >= 0.6 is 11.3 Å². The monoisotopic (exact) mass is 543 g/mol. The first kappa shape index (κ1) is 22.8. The maximum Gasteiger partial charge on any atom is 0.203 e. The largest absolute Gasteiger partial charge is 0.334 e. The number of thiophene rings is 1. The van der Waals surface area contributed by atoms with E-state index in [-0.39, 0.29) is 6.29 Å². The van der Waals surface area contributed by atoms with Crippen molar-refractivity contribution >= 4 is 76.2 Å². The van der Waals surface area contributed by atoms with Crippen LogP contribution in [0.1, 0.15) is 16.7 Å². The van der Waals surface area contributed by atoms with Gasteiger partial charge in [-0.1, -0.05) is 103 Å². The van der Waals surface area contributed by atoms with Gasteiger partial charge in [-0.05, 0) is 45.8 Å². The molecule has 4 heteroatoms. The predicted molar refractivity (Wildman–Crippen MR) is 176 cm³/mol. The molecular weight excluding hydrogens is 518 g/mol. The number of hydrogen-bond donors (Lipinski definition) is 0. The van der Waals surface area contributed by atoms with E-state index in [1.807, 2.05) is 11.3 Å². The summed E-state index contributed by atoms with van der Waals surface area (Å²) in [5, 5.41) is 8.75. The van der Waals surface area contributed by atoms with Gasteiger partial charge in [0.1, 0.15) is 0 Å². The highest BCUT2D eigenvalue weighted by Crippen LogP contribution is 2.47. The van der Waals surface area contributed by atoms with Crippen LogP contribution in [0.15, 0.2) is 132 Å². The van der Waals surface area contributed by atoms with Crippen molar-refractivity contribution < 1.29 is 0 Å². The van der Waals surface area contributed by atoms with Gasteiger partial charge in [0.05, 0.1) is 27.3 Å². The summed E-state index contributed by atoms with van der Waals surface area (Å²) in [7, 11) is 2.20. The van der Waals surface area contributed by atoms with Crippen LogP contribution < -0.4 is 4.90 Å². The van der Waals surface area contributed by atoms with Gasteiger partial charge in [-0.15, -0.1) is 11.3 Å². The lowest BCUT2D eigenvalue weighted by atomic mass is 9.98. The Bertz CT molecular complexity index is 2350. The molecule has 3 nitrogen and oxygen atoms in total. The molecule has 0 N–H and O–H groups in total. The van der Waals surface area contributed by atoms with Gasteiger partial charge in [-0.25, -0.2) is 4.99 Å². The fraction of sp³-hybridized carbons (Fsp3) is 0.0541. The van der Waals surface area contributed by atoms with Crippen molar-refractivity contribution in [3.05, 3.63) is 138 Å². The predicted octanol–water partition coefficient (Wildman–Crippen LogP) is 9.76. The van der Waals surface area contributed by atoms with Crippen molar-refractivity contribution in [3.63, 3.8) is 0 Å². The first-order chi connectivity index (χ1) is 20.3. The molecule has 2 aromatic heterocycles. The first-order valence-corrected chi connectivity index (χ1v) is 14.8. The third kappa shape index (κ3) is 3.22. The van der Waals surface area contributed by atoms with Gasteiger partial charge in [0, 0.05) is 33.5 Å². The van der Waals surface area contributed by atoms with Gasteiger partial charge >= 0.3 is 0 Å². The Morgan fingerprint density at radius 1 is 0.585 bits per heavy atom. The molecule has 8 aromatic rings. The Labute approximate surface area is 241 Å². The lowest BCUT2D eigenvalue weighted by Gasteiger charge is -2.34. The Balaban J connectivity index is 1.40. The van der Waals surface area contributed by atoms with Crippen molar-refractivity contribution in [2.45, 2.75) is 6.29 Å². The van der Waals surface area contributed by atoms with E-state index in [2.05, 4.69) is 144 Å². The molecule has 1 aliphatic heterocycles. The Hall–Kier alpha value is -4.93. The zero-order valence-electron chi connectivity index (χ0n) is 22.5. The molecular formula is C37H25N3S. The second-order valence-electron chi connectivity index (χ2n) is 10.8. The van der Waals surface area contributed by atoms with Crippen LogP contribution in [-0.4, -0.2) is 17.3 Å². The second kappa shape index (κ2) is 8.53. The van der Waals surface area contributed by atoms with Crippen LogP contribution in [-0.2, 0) is 0 Å². The molecule has 1 unspecified atom stereocenters. The quantitative estimate of drug-likeness (QED) is 0.213. The molecule has 1 aliphatic rings. The number of anilines is 1. The summed E-state index contributed by atoms with van der Waals surface area (Å²) in [6.07, 6.45) is -0.252. The van der Waals surface area contributed by atoms with Gasteiger partial charge in [-0.3, -0.25) is 0 Å². The normalized spacial score (nSPS) is 15.3. The van der Waals surface area contributed by atoms with Crippen molar-refractivity contribution in [2.24, 2.45) is 4.99 Å². The summed E-state index contributed by atoms with van der Waals surface area (Å²) in [6, 6.07) is 46.1. The Morgan fingerprint density at radius 3 is 2.10 bits per heavy atom. The molecule has 0 saturated carbocycles.